The number of carbonyl (C=O) groups excluding carboxylic acids is 1. The van der Waals surface area contributed by atoms with Crippen LogP contribution in [0.3, 0.4) is 0 Å². The molecule has 152 valence electrons. The summed E-state index contributed by atoms with van der Waals surface area (Å²) in [5.41, 5.74) is 5.03. The van der Waals surface area contributed by atoms with Crippen LogP contribution in [0.25, 0.3) is 0 Å². The second-order valence-corrected chi connectivity index (χ2v) is 6.87. The van der Waals surface area contributed by atoms with Gasteiger partial charge in [-0.25, -0.2) is 4.98 Å². The Morgan fingerprint density at radius 2 is 2.21 bits per heavy atom. The SMILES string of the molecule is [2H]c1c([2H])c(C)c([2H])c([C@@]([2H])(O)C([2H])([2H])CC([2H])([2H])C([2H])([2H])c2ccc(NC(=O)Cc3csc(N)n3)cc2)c1[2H]. The Bertz CT molecular complexity index is 1400. The van der Waals surface area contributed by atoms with E-state index in [1.54, 1.807) is 5.38 Å². The second kappa shape index (κ2) is 10.2. The van der Waals surface area contributed by atoms with Crippen LogP contribution in [0.2, 0.25) is 0 Å². The monoisotopic (exact) mass is 420 g/mol. The van der Waals surface area contributed by atoms with E-state index in [4.69, 9.17) is 20.8 Å². The van der Waals surface area contributed by atoms with Gasteiger partial charge in [-0.3, -0.25) is 4.79 Å². The molecule has 4 N–H and O–H groups in total. The molecule has 1 heterocycles. The van der Waals surface area contributed by atoms with Gasteiger partial charge in [0.2, 0.25) is 5.91 Å². The minimum atomic E-state index is -3.42. The number of benzene rings is 2. The van der Waals surface area contributed by atoms with Crippen molar-refractivity contribution in [3.63, 3.8) is 0 Å². The third-order valence-electron chi connectivity index (χ3n) is 3.64. The maximum absolute atomic E-state index is 12.3. The van der Waals surface area contributed by atoms with Gasteiger partial charge in [-0.05, 0) is 49.3 Å². The van der Waals surface area contributed by atoms with E-state index in [2.05, 4.69) is 10.3 Å². The predicted octanol–water partition coefficient (Wildman–Crippen LogP) is 4.66. The lowest BCUT2D eigenvalue weighted by atomic mass is 10.00. The number of rotatable bonds is 9. The maximum Gasteiger partial charge on any atom is 0.230 e. The quantitative estimate of drug-likeness (QED) is 0.470. The second-order valence-electron chi connectivity index (χ2n) is 5.98. The van der Waals surface area contributed by atoms with Crippen molar-refractivity contribution in [3.05, 3.63) is 76.2 Å². The number of nitrogens with one attached hydrogen (secondary N) is 1. The van der Waals surface area contributed by atoms with Crippen LogP contribution in [-0.2, 0) is 17.6 Å². The summed E-state index contributed by atoms with van der Waals surface area (Å²) in [6.45, 7) is 1.25. The zero-order chi connectivity index (χ0) is 30.4. The summed E-state index contributed by atoms with van der Waals surface area (Å²) >= 11 is 1.19. The molecule has 0 aliphatic carbocycles. The molecule has 0 aliphatic heterocycles. The van der Waals surface area contributed by atoms with Gasteiger partial charge in [-0.2, -0.15) is 0 Å². The Morgan fingerprint density at radius 1 is 1.41 bits per heavy atom. The molecule has 0 radical (unpaired) electrons. The largest absolute Gasteiger partial charge is 0.388 e. The first-order valence-electron chi connectivity index (χ1n) is 14.1. The molecule has 0 saturated carbocycles. The van der Waals surface area contributed by atoms with Crippen LogP contribution >= 0.6 is 11.3 Å². The van der Waals surface area contributed by atoms with Crippen molar-refractivity contribution in [2.45, 2.75) is 45.0 Å². The summed E-state index contributed by atoms with van der Waals surface area (Å²) in [7, 11) is 0. The number of aliphatic hydroxyl groups is 1. The molecular weight excluding hydrogens is 382 g/mol. The number of nitrogens with two attached hydrogens (primary N) is 1. The number of hydrogen-bond acceptors (Lipinski definition) is 5. The van der Waals surface area contributed by atoms with Gasteiger partial charge in [0.25, 0.3) is 0 Å². The molecule has 6 heteroatoms. The highest BCUT2D eigenvalue weighted by Gasteiger charge is 2.08. The molecule has 5 nitrogen and oxygen atoms in total. The smallest absolute Gasteiger partial charge is 0.230 e. The van der Waals surface area contributed by atoms with Crippen LogP contribution in [0.4, 0.5) is 10.8 Å². The topological polar surface area (TPSA) is 88.2 Å². The number of hydrogen-bond donors (Lipinski definition) is 3. The van der Waals surface area contributed by atoms with E-state index in [1.807, 2.05) is 0 Å². The number of amides is 1. The highest BCUT2D eigenvalue weighted by atomic mass is 32.1. The standard InChI is InChI=1S/C23H27N3O2S/c1-16-5-4-7-18(13-16)21(27)8-3-2-6-17-9-11-19(12-10-17)25-22(28)14-20-15-29-23(24)26-20/h4-5,7,9-13,15,21,27H,2-3,6,8,14H2,1H3,(H2,24,26)(H,25,28)/t21-/m0/s1/i2D2,4D,5D,6D2,7D,8D2,13D,21D. The lowest BCUT2D eigenvalue weighted by molar-refractivity contribution is -0.115. The maximum atomic E-state index is 12.3. The van der Waals surface area contributed by atoms with Crippen LogP contribution in [0.15, 0.2) is 53.8 Å². The minimum Gasteiger partial charge on any atom is -0.388 e. The highest BCUT2D eigenvalue weighted by Crippen LogP contribution is 2.21. The van der Waals surface area contributed by atoms with E-state index < -0.39 is 67.3 Å². The Hall–Kier alpha value is -2.70. The first-order chi connectivity index (χ1) is 18.2. The van der Waals surface area contributed by atoms with Crippen molar-refractivity contribution in [2.24, 2.45) is 0 Å². The molecule has 0 aliphatic rings. The van der Waals surface area contributed by atoms with Crippen molar-refractivity contribution >= 4 is 28.1 Å². The number of aryl methyl sites for hydroxylation is 1. The van der Waals surface area contributed by atoms with Crippen molar-refractivity contribution in [1.29, 1.82) is 0 Å². The van der Waals surface area contributed by atoms with Crippen LogP contribution in [0.5, 0.6) is 0 Å². The number of anilines is 2. The lowest BCUT2D eigenvalue weighted by Gasteiger charge is -2.11. The summed E-state index contributed by atoms with van der Waals surface area (Å²) in [5, 5.41) is 15.5. The highest BCUT2D eigenvalue weighted by molar-refractivity contribution is 7.13. The van der Waals surface area contributed by atoms with Gasteiger partial charge in [-0.15, -0.1) is 11.3 Å². The fourth-order valence-electron chi connectivity index (χ4n) is 2.33. The summed E-state index contributed by atoms with van der Waals surface area (Å²) in [6.07, 6.45) is -14.0. The van der Waals surface area contributed by atoms with Gasteiger partial charge < -0.3 is 16.2 Å². The molecule has 1 amide bonds. The van der Waals surface area contributed by atoms with Crippen molar-refractivity contribution in [3.8, 4) is 0 Å². The molecule has 0 spiro atoms. The normalized spacial score (nSPS) is 20.0. The van der Waals surface area contributed by atoms with E-state index in [1.165, 1.54) is 42.5 Å². The van der Waals surface area contributed by atoms with Gasteiger partial charge >= 0.3 is 0 Å². The average molecular weight is 421 g/mol. The Kier molecular flexibility index (Phi) is 3.83. The Morgan fingerprint density at radius 3 is 2.93 bits per heavy atom. The molecule has 0 fully saturated rings. The molecule has 2 aromatic carbocycles. The number of carbonyl (C=O) groups is 1. The van der Waals surface area contributed by atoms with Crippen molar-refractivity contribution in [1.82, 2.24) is 4.98 Å². The van der Waals surface area contributed by atoms with Crippen molar-refractivity contribution in [2.75, 3.05) is 11.1 Å². The molecule has 0 saturated heterocycles. The number of thiazole rings is 1. The fraction of sp³-hybridized carbons (Fsp3) is 0.304. The van der Waals surface area contributed by atoms with Crippen LogP contribution in [0, 0.1) is 6.92 Å². The molecule has 1 atom stereocenters. The molecule has 3 rings (SSSR count). The zero-order valence-corrected chi connectivity index (χ0v) is 16.4. The average Bonchev–Trinajstić information content (AvgIpc) is 3.25. The lowest BCUT2D eigenvalue weighted by Crippen LogP contribution is -2.14. The zero-order valence-electron chi connectivity index (χ0n) is 26.6. The first kappa shape index (κ1) is 10.9. The number of aromatic nitrogens is 1. The van der Waals surface area contributed by atoms with Crippen LogP contribution in [0.1, 0.15) is 62.7 Å². The molecular formula is C23H27N3O2S. The van der Waals surface area contributed by atoms with E-state index >= 15 is 0 Å². The predicted molar refractivity (Wildman–Crippen MR) is 119 cm³/mol. The third kappa shape index (κ3) is 6.69. The third-order valence-corrected chi connectivity index (χ3v) is 4.37. The van der Waals surface area contributed by atoms with Gasteiger partial charge in [0.05, 0.1) is 25.0 Å². The van der Waals surface area contributed by atoms with Gasteiger partial charge in [0.15, 0.2) is 5.13 Å². The van der Waals surface area contributed by atoms with Crippen molar-refractivity contribution < 1.29 is 25.0 Å². The number of nitrogen functional groups attached to an aromatic ring is 1. The fourth-order valence-corrected chi connectivity index (χ4v) is 2.89. The van der Waals surface area contributed by atoms with Gasteiger partial charge in [-0.1, -0.05) is 48.3 Å². The summed E-state index contributed by atoms with van der Waals surface area (Å²) in [6, 6.07) is 2.26. The van der Waals surface area contributed by atoms with Gasteiger partial charge in [0, 0.05) is 19.3 Å². The molecule has 0 unspecified atom stereocenters. The number of nitrogens with zero attached hydrogens (tertiary/aromatic N) is 1. The minimum absolute atomic E-state index is 0.0459. The first-order valence-corrected chi connectivity index (χ1v) is 9.51. The van der Waals surface area contributed by atoms with E-state index in [0.717, 1.165) is 0 Å². The summed E-state index contributed by atoms with van der Waals surface area (Å²) in [5.74, 6) is -0.411. The Balaban J connectivity index is 1.84. The van der Waals surface area contributed by atoms with E-state index in [0.29, 0.717) is 10.8 Å². The van der Waals surface area contributed by atoms with E-state index in [9.17, 15) is 9.90 Å². The van der Waals surface area contributed by atoms with Crippen LogP contribution < -0.4 is 11.1 Å². The Labute approximate surface area is 191 Å². The van der Waals surface area contributed by atoms with Crippen LogP contribution in [-0.4, -0.2) is 16.0 Å². The summed E-state index contributed by atoms with van der Waals surface area (Å²) in [4.78, 5) is 16.3. The molecule has 3 aromatic rings. The molecule has 29 heavy (non-hydrogen) atoms. The van der Waals surface area contributed by atoms with E-state index in [-0.39, 0.29) is 23.2 Å². The van der Waals surface area contributed by atoms with Gasteiger partial charge in [0.1, 0.15) is 0 Å². The molecule has 1 aromatic heterocycles. The summed E-state index contributed by atoms with van der Waals surface area (Å²) < 4.78 is 90.6. The molecule has 0 bridgehead atoms.